The number of ether oxygens (including phenoxy) is 4. The summed E-state index contributed by atoms with van der Waals surface area (Å²) in [4.78, 5) is 72.7. The summed E-state index contributed by atoms with van der Waals surface area (Å²) in [7, 11) is -9.91. The average Bonchev–Trinajstić information content (AvgIpc) is 3.75. The molecule has 0 spiro atoms. The zero-order valence-corrected chi connectivity index (χ0v) is 65.9. The summed E-state index contributed by atoms with van der Waals surface area (Å²) in [6.07, 6.45) is 60.1. The van der Waals surface area contributed by atoms with E-state index in [4.69, 9.17) is 37.0 Å². The van der Waals surface area contributed by atoms with E-state index in [0.717, 1.165) is 108 Å². The van der Waals surface area contributed by atoms with Crippen LogP contribution in [-0.2, 0) is 65.4 Å². The van der Waals surface area contributed by atoms with Crippen LogP contribution in [0.4, 0.5) is 0 Å². The Morgan fingerprint density at radius 3 is 0.694 bits per heavy atom. The van der Waals surface area contributed by atoms with Crippen molar-refractivity contribution in [1.82, 2.24) is 0 Å². The fourth-order valence-electron chi connectivity index (χ4n) is 12.2. The van der Waals surface area contributed by atoms with E-state index < -0.39 is 97.5 Å². The number of hydrogen-bond donors (Lipinski definition) is 3. The van der Waals surface area contributed by atoms with Crippen molar-refractivity contribution in [2.75, 3.05) is 39.6 Å². The number of aliphatic hydroxyl groups excluding tert-OH is 1. The van der Waals surface area contributed by atoms with Crippen LogP contribution >= 0.6 is 15.6 Å². The van der Waals surface area contributed by atoms with Crippen LogP contribution in [0.3, 0.4) is 0 Å². The van der Waals surface area contributed by atoms with Gasteiger partial charge in [-0.05, 0) is 37.5 Å². The average molecular weight is 1440 g/mol. The summed E-state index contributed by atoms with van der Waals surface area (Å²) >= 11 is 0. The van der Waals surface area contributed by atoms with Crippen LogP contribution in [0.2, 0.25) is 0 Å². The number of phosphoric ester groups is 2. The maximum Gasteiger partial charge on any atom is 0.472 e. The van der Waals surface area contributed by atoms with Crippen LogP contribution in [0.1, 0.15) is 414 Å². The second-order valence-electron chi connectivity index (χ2n) is 29.4. The van der Waals surface area contributed by atoms with E-state index in [1.807, 2.05) is 0 Å². The molecule has 0 saturated heterocycles. The van der Waals surface area contributed by atoms with Crippen molar-refractivity contribution in [3.63, 3.8) is 0 Å². The number of aliphatic hydroxyl groups is 1. The van der Waals surface area contributed by atoms with Gasteiger partial charge in [0.2, 0.25) is 0 Å². The molecule has 0 amide bonds. The van der Waals surface area contributed by atoms with Crippen molar-refractivity contribution in [1.29, 1.82) is 0 Å². The lowest BCUT2D eigenvalue weighted by Crippen LogP contribution is -2.30. The van der Waals surface area contributed by atoms with Gasteiger partial charge in [-0.2, -0.15) is 0 Å². The molecule has 2 unspecified atom stereocenters. The molecule has 17 nitrogen and oxygen atoms in total. The molecule has 0 aromatic carbocycles. The first kappa shape index (κ1) is 96.1. The van der Waals surface area contributed by atoms with Crippen molar-refractivity contribution < 1.29 is 80.2 Å². The quantitative estimate of drug-likeness (QED) is 0.0222. The van der Waals surface area contributed by atoms with Crippen LogP contribution in [0.15, 0.2) is 0 Å². The van der Waals surface area contributed by atoms with E-state index in [2.05, 4.69) is 41.5 Å². The highest BCUT2D eigenvalue weighted by Crippen LogP contribution is 2.45. The Kier molecular flexibility index (Phi) is 69.3. The van der Waals surface area contributed by atoms with Crippen molar-refractivity contribution >= 4 is 39.5 Å². The molecule has 582 valence electrons. The molecule has 0 aromatic heterocycles. The Hall–Kier alpha value is -1.94. The number of unbranched alkanes of at least 4 members (excludes halogenated alkanes) is 48. The van der Waals surface area contributed by atoms with E-state index >= 15 is 0 Å². The molecular weight excluding hydrogens is 1280 g/mol. The zero-order valence-electron chi connectivity index (χ0n) is 64.1. The summed E-state index contributed by atoms with van der Waals surface area (Å²) in [5.74, 6) is -0.529. The van der Waals surface area contributed by atoms with Gasteiger partial charge in [0, 0.05) is 25.7 Å². The minimum Gasteiger partial charge on any atom is -0.462 e. The van der Waals surface area contributed by atoms with Gasteiger partial charge in [-0.1, -0.05) is 363 Å². The van der Waals surface area contributed by atoms with Crippen molar-refractivity contribution in [3.05, 3.63) is 0 Å². The number of phosphoric acid groups is 2. The molecule has 0 aliphatic rings. The molecule has 0 aliphatic carbocycles. The van der Waals surface area contributed by atoms with Gasteiger partial charge >= 0.3 is 39.5 Å². The molecule has 0 fully saturated rings. The molecule has 5 atom stereocenters. The molecule has 0 aromatic rings. The van der Waals surface area contributed by atoms with Gasteiger partial charge in [0.1, 0.15) is 19.3 Å². The van der Waals surface area contributed by atoms with Gasteiger partial charge in [0.05, 0.1) is 26.4 Å². The molecule has 0 bridgehead atoms. The Morgan fingerprint density at radius 2 is 0.469 bits per heavy atom. The number of carbonyl (C=O) groups excluding carboxylic acids is 4. The standard InChI is InChI=1S/C79H154O17P2/c1-7-9-11-13-14-15-16-17-18-19-20-21-24-30-35-40-45-51-57-64-79(84)96-75(68-90-77(82)62-56-50-44-39-34-29-25-22-23-27-32-37-42-48-53-59-71(3)4)70-94-98(87,88)92-66-73(80)65-91-97(85,86)93-69-74(67-89-76(81)61-55-47-12-10-8-2)95-78(83)63-58-52-46-41-36-31-26-28-33-38-43-49-54-60-72(5)6/h71-75,80H,7-70H2,1-6H3,(H,85,86)(H,87,88)/t73-,74+,75+/m0/s1. The Balaban J connectivity index is 5.13. The van der Waals surface area contributed by atoms with Crippen LogP contribution in [0.25, 0.3) is 0 Å². The van der Waals surface area contributed by atoms with Gasteiger partial charge in [-0.25, -0.2) is 9.13 Å². The van der Waals surface area contributed by atoms with E-state index in [1.54, 1.807) is 0 Å². The second-order valence-corrected chi connectivity index (χ2v) is 32.3. The topological polar surface area (TPSA) is 237 Å². The van der Waals surface area contributed by atoms with E-state index in [0.29, 0.717) is 25.7 Å². The minimum atomic E-state index is -4.96. The fraction of sp³-hybridized carbons (Fsp3) is 0.949. The maximum atomic E-state index is 13.1. The molecule has 3 N–H and O–H groups in total. The van der Waals surface area contributed by atoms with Crippen LogP contribution < -0.4 is 0 Å². The van der Waals surface area contributed by atoms with Gasteiger partial charge in [0.25, 0.3) is 0 Å². The molecule has 0 aliphatic heterocycles. The Labute approximate surface area is 600 Å². The molecule has 0 rings (SSSR count). The highest BCUT2D eigenvalue weighted by molar-refractivity contribution is 7.47. The summed E-state index contributed by atoms with van der Waals surface area (Å²) in [6, 6.07) is 0. The predicted molar refractivity (Wildman–Crippen MR) is 400 cm³/mol. The number of carbonyl (C=O) groups is 4. The van der Waals surface area contributed by atoms with E-state index in [1.165, 1.54) is 225 Å². The first-order valence-electron chi connectivity index (χ1n) is 41.0. The number of esters is 4. The van der Waals surface area contributed by atoms with E-state index in [9.17, 15) is 43.2 Å². The predicted octanol–water partition coefficient (Wildman–Crippen LogP) is 23.5. The highest BCUT2D eigenvalue weighted by atomic mass is 31.2. The van der Waals surface area contributed by atoms with Crippen molar-refractivity contribution in [2.24, 2.45) is 11.8 Å². The third-order valence-electron chi connectivity index (χ3n) is 18.5. The molecule has 0 heterocycles. The normalized spacial score (nSPS) is 13.9. The second kappa shape index (κ2) is 70.7. The summed E-state index contributed by atoms with van der Waals surface area (Å²) in [5.41, 5.74) is 0. The van der Waals surface area contributed by atoms with E-state index in [-0.39, 0.29) is 25.7 Å². The van der Waals surface area contributed by atoms with Gasteiger partial charge in [-0.15, -0.1) is 0 Å². The van der Waals surface area contributed by atoms with Gasteiger partial charge in [0.15, 0.2) is 12.2 Å². The third-order valence-corrected chi connectivity index (χ3v) is 20.4. The van der Waals surface area contributed by atoms with Crippen LogP contribution in [0, 0.1) is 11.8 Å². The Morgan fingerprint density at radius 1 is 0.276 bits per heavy atom. The number of hydrogen-bond acceptors (Lipinski definition) is 15. The first-order chi connectivity index (χ1) is 47.4. The van der Waals surface area contributed by atoms with Gasteiger partial charge < -0.3 is 33.8 Å². The largest absolute Gasteiger partial charge is 0.472 e. The smallest absolute Gasteiger partial charge is 0.462 e. The molecule has 0 saturated carbocycles. The monoisotopic (exact) mass is 1440 g/mol. The summed E-state index contributed by atoms with van der Waals surface area (Å²) in [6.45, 7) is 9.58. The molecule has 98 heavy (non-hydrogen) atoms. The van der Waals surface area contributed by atoms with Crippen molar-refractivity contribution in [3.8, 4) is 0 Å². The minimum absolute atomic E-state index is 0.106. The fourth-order valence-corrected chi connectivity index (χ4v) is 13.8. The summed E-state index contributed by atoms with van der Waals surface area (Å²) in [5, 5.41) is 10.6. The van der Waals surface area contributed by atoms with Crippen LogP contribution in [-0.4, -0.2) is 96.7 Å². The van der Waals surface area contributed by atoms with Crippen molar-refractivity contribution in [2.45, 2.75) is 432 Å². The third kappa shape index (κ3) is 72.4. The first-order valence-corrected chi connectivity index (χ1v) is 44.0. The highest BCUT2D eigenvalue weighted by Gasteiger charge is 2.30. The molecule has 19 heteroatoms. The molecule has 0 radical (unpaired) electrons. The number of rotatable bonds is 78. The maximum absolute atomic E-state index is 13.1. The van der Waals surface area contributed by atoms with Crippen LogP contribution in [0.5, 0.6) is 0 Å². The van der Waals surface area contributed by atoms with Gasteiger partial charge in [-0.3, -0.25) is 37.3 Å². The lowest BCUT2D eigenvalue weighted by atomic mass is 10.0. The lowest BCUT2D eigenvalue weighted by Gasteiger charge is -2.21. The lowest BCUT2D eigenvalue weighted by molar-refractivity contribution is -0.161. The molecular formula is C79H154O17P2. The zero-order chi connectivity index (χ0) is 72.1. The summed E-state index contributed by atoms with van der Waals surface area (Å²) < 4.78 is 68.4. The SMILES string of the molecule is CCCCCCCCCCCCCCCCCCCCCC(=O)O[C@H](COC(=O)CCCCCCCCCCCCCCCCCC(C)C)COP(=O)(O)OC[C@@H](O)COP(=O)(O)OC[C@@H](COC(=O)CCCCCCC)OC(=O)CCCCCCCCCCCCCCCC(C)C. The Bertz CT molecular complexity index is 1890.